The molecule has 6 aromatic carbocycles. The lowest BCUT2D eigenvalue weighted by molar-refractivity contribution is 0.663. The Labute approximate surface area is 492 Å². The molecule has 10 heterocycles. The van der Waals surface area contributed by atoms with Gasteiger partial charge >= 0.3 is 0 Å². The van der Waals surface area contributed by atoms with Crippen LogP contribution in [-0.4, -0.2) is 49.8 Å². The van der Waals surface area contributed by atoms with Crippen molar-refractivity contribution in [1.82, 2.24) is 49.8 Å². The third-order valence-electron chi connectivity index (χ3n) is 15.5. The topological polar surface area (TPSA) is 155 Å². The van der Waals surface area contributed by atoms with Crippen molar-refractivity contribution >= 4 is 44.0 Å². The molecule has 0 saturated heterocycles. The molecule has 0 spiro atoms. The first-order valence-corrected chi connectivity index (χ1v) is 28.1. The molecule has 16 rings (SSSR count). The van der Waals surface area contributed by atoms with E-state index in [4.69, 9.17) is 38.7 Å². The second-order valence-electron chi connectivity index (χ2n) is 20.7. The maximum absolute atomic E-state index is 7.13. The Bertz CT molecular complexity index is 4740. The Morgan fingerprint density at radius 1 is 0.244 bits per heavy atom. The van der Waals surface area contributed by atoms with Crippen molar-refractivity contribution in [2.75, 3.05) is 0 Å². The molecular weight excluding hydrogens is 1060 g/mol. The second kappa shape index (κ2) is 21.1. The van der Waals surface area contributed by atoms with E-state index < -0.39 is 0 Å². The van der Waals surface area contributed by atoms with E-state index in [1.165, 1.54) is 0 Å². The van der Waals surface area contributed by atoms with Gasteiger partial charge in [0.25, 0.3) is 0 Å². The van der Waals surface area contributed by atoms with Crippen molar-refractivity contribution < 1.29 is 8.83 Å². The summed E-state index contributed by atoms with van der Waals surface area (Å²) in [7, 11) is 0. The number of hydrogen-bond donors (Lipinski definition) is 0. The van der Waals surface area contributed by atoms with Crippen LogP contribution in [0.15, 0.2) is 277 Å². The molecule has 0 atom stereocenters. The minimum absolute atomic E-state index is 0.552. The third-order valence-corrected chi connectivity index (χ3v) is 15.5. The molecule has 0 N–H and O–H groups in total. The molecule has 0 saturated carbocycles. The fourth-order valence-corrected chi connectivity index (χ4v) is 11.5. The standard InChI is InChI=1S/C74H44N10O2/c1-5-13-45(14-6-1)59-43-56-55-41-53(63-65(47-25-33-75-34-26-47)81-73(51-17-9-3-10-18-51)82-66(63)48-27-35-76-36-28-48)21-23-61(55)85-71(56)70(80-59)58-44-60(46-15-7-2-8-16-46)79-69-57-42-54(22-24-62(57)86-72(58)69)64-67(49-29-37-77-38-30-49)83-74(52-19-11-4-12-20-52)84-68(64)50-31-39-78-40-32-50/h1-44H. The largest absolute Gasteiger partial charge is 0.454 e. The van der Waals surface area contributed by atoms with Crippen LogP contribution in [0.4, 0.5) is 0 Å². The smallest absolute Gasteiger partial charge is 0.163 e. The summed E-state index contributed by atoms with van der Waals surface area (Å²) in [6.45, 7) is 0. The average molecular weight is 1110 g/mol. The van der Waals surface area contributed by atoms with Crippen molar-refractivity contribution in [3.8, 4) is 124 Å². The van der Waals surface area contributed by atoms with E-state index in [0.29, 0.717) is 50.8 Å². The molecule has 0 aliphatic carbocycles. The normalized spacial score (nSPS) is 11.5. The van der Waals surface area contributed by atoms with Crippen molar-refractivity contribution in [3.63, 3.8) is 0 Å². The first-order valence-electron chi connectivity index (χ1n) is 28.1. The van der Waals surface area contributed by atoms with Gasteiger partial charge in [0.2, 0.25) is 0 Å². The number of aromatic nitrogens is 10. The fourth-order valence-electron chi connectivity index (χ4n) is 11.5. The molecule has 10 aromatic heterocycles. The van der Waals surface area contributed by atoms with E-state index in [-0.39, 0.29) is 0 Å². The zero-order chi connectivity index (χ0) is 56.9. The van der Waals surface area contributed by atoms with Crippen LogP contribution in [0.25, 0.3) is 168 Å². The highest BCUT2D eigenvalue weighted by Gasteiger charge is 2.27. The zero-order valence-electron chi connectivity index (χ0n) is 45.7. The van der Waals surface area contributed by atoms with Gasteiger partial charge in [0.15, 0.2) is 22.8 Å². The summed E-state index contributed by atoms with van der Waals surface area (Å²) < 4.78 is 14.2. The molecular formula is C74H44N10O2. The summed E-state index contributed by atoms with van der Waals surface area (Å²) in [5, 5.41) is 2.54. The fraction of sp³-hybridized carbons (Fsp3) is 0. The maximum Gasteiger partial charge on any atom is 0.163 e. The Balaban J connectivity index is 0.949. The molecule has 0 fully saturated rings. The maximum atomic E-state index is 7.13. The van der Waals surface area contributed by atoms with Gasteiger partial charge in [0, 0.05) is 121 Å². The molecule has 0 aliphatic heterocycles. The van der Waals surface area contributed by atoms with Crippen LogP contribution in [0.2, 0.25) is 0 Å². The van der Waals surface area contributed by atoms with Crippen LogP contribution in [0.5, 0.6) is 0 Å². The summed E-state index contributed by atoms with van der Waals surface area (Å²) in [4.78, 5) is 50.0. The minimum Gasteiger partial charge on any atom is -0.454 e. The van der Waals surface area contributed by atoms with Gasteiger partial charge < -0.3 is 8.83 Å². The lowest BCUT2D eigenvalue weighted by atomic mass is 9.93. The van der Waals surface area contributed by atoms with Crippen molar-refractivity contribution in [3.05, 3.63) is 268 Å². The van der Waals surface area contributed by atoms with Crippen LogP contribution >= 0.6 is 0 Å². The van der Waals surface area contributed by atoms with Crippen LogP contribution in [0.3, 0.4) is 0 Å². The van der Waals surface area contributed by atoms with Gasteiger partial charge in [0.05, 0.1) is 39.7 Å². The van der Waals surface area contributed by atoms with Gasteiger partial charge in [-0.25, -0.2) is 29.9 Å². The molecule has 12 heteroatoms. The number of pyridine rings is 6. The third kappa shape index (κ3) is 8.89. The average Bonchev–Trinajstić information content (AvgIpc) is 1.90. The highest BCUT2D eigenvalue weighted by molar-refractivity contribution is 6.16. The lowest BCUT2D eigenvalue weighted by Gasteiger charge is -2.17. The van der Waals surface area contributed by atoms with Gasteiger partial charge in [0.1, 0.15) is 22.4 Å². The van der Waals surface area contributed by atoms with Crippen molar-refractivity contribution in [1.29, 1.82) is 0 Å². The highest BCUT2D eigenvalue weighted by Crippen LogP contribution is 2.47. The number of fused-ring (bicyclic) bond motifs is 6. The van der Waals surface area contributed by atoms with Crippen LogP contribution in [0.1, 0.15) is 0 Å². The van der Waals surface area contributed by atoms with Gasteiger partial charge in [-0.15, -0.1) is 0 Å². The van der Waals surface area contributed by atoms with Gasteiger partial charge in [-0.1, -0.05) is 133 Å². The molecule has 402 valence electrons. The quantitative estimate of drug-likeness (QED) is 0.121. The number of nitrogens with zero attached hydrogens (tertiary/aromatic N) is 10. The van der Waals surface area contributed by atoms with E-state index in [9.17, 15) is 0 Å². The van der Waals surface area contributed by atoms with Gasteiger partial charge in [-0.2, -0.15) is 0 Å². The summed E-state index contributed by atoms with van der Waals surface area (Å²) in [5.41, 5.74) is 19.5. The van der Waals surface area contributed by atoms with Crippen LogP contribution in [-0.2, 0) is 0 Å². The number of furan rings is 2. The molecule has 0 aliphatic rings. The van der Waals surface area contributed by atoms with E-state index in [1.54, 1.807) is 49.6 Å². The predicted octanol–water partition coefficient (Wildman–Crippen LogP) is 17.8. The summed E-state index contributed by atoms with van der Waals surface area (Å²) in [5.74, 6) is 1.19. The van der Waals surface area contributed by atoms with Crippen LogP contribution < -0.4 is 0 Å². The molecule has 16 aromatic rings. The highest BCUT2D eigenvalue weighted by atomic mass is 16.3. The van der Waals surface area contributed by atoms with Gasteiger partial charge in [-0.3, -0.25) is 19.9 Å². The minimum atomic E-state index is 0.552. The summed E-state index contributed by atoms with van der Waals surface area (Å²) >= 11 is 0. The summed E-state index contributed by atoms with van der Waals surface area (Å²) in [6.07, 6.45) is 14.3. The molecule has 0 bridgehead atoms. The monoisotopic (exact) mass is 1100 g/mol. The van der Waals surface area contributed by atoms with E-state index in [0.717, 1.165) is 117 Å². The molecule has 12 nitrogen and oxygen atoms in total. The molecule has 86 heavy (non-hydrogen) atoms. The predicted molar refractivity (Wildman–Crippen MR) is 339 cm³/mol. The van der Waals surface area contributed by atoms with Gasteiger partial charge in [-0.05, 0) is 96.1 Å². The first-order chi connectivity index (χ1) is 42.6. The van der Waals surface area contributed by atoms with E-state index in [1.807, 2.05) is 158 Å². The Hall–Kier alpha value is -12.0. The number of hydrogen-bond acceptors (Lipinski definition) is 12. The number of rotatable bonds is 11. The van der Waals surface area contributed by atoms with Crippen molar-refractivity contribution in [2.24, 2.45) is 0 Å². The molecule has 0 unspecified atom stereocenters. The second-order valence-corrected chi connectivity index (χ2v) is 20.7. The molecule has 0 radical (unpaired) electrons. The number of benzene rings is 6. The van der Waals surface area contributed by atoms with Crippen LogP contribution in [0, 0.1) is 0 Å². The van der Waals surface area contributed by atoms with E-state index >= 15 is 0 Å². The Morgan fingerprint density at radius 3 is 1.05 bits per heavy atom. The first kappa shape index (κ1) is 49.8. The Kier molecular flexibility index (Phi) is 12.2. The molecule has 0 amide bonds. The van der Waals surface area contributed by atoms with Crippen molar-refractivity contribution in [2.45, 2.75) is 0 Å². The zero-order valence-corrected chi connectivity index (χ0v) is 45.7. The lowest BCUT2D eigenvalue weighted by Crippen LogP contribution is -2.01. The summed E-state index contributed by atoms with van der Waals surface area (Å²) in [6, 6.07) is 73.2. The SMILES string of the molecule is c1ccc(-c2cc3c(oc4ccc(-c5c(-c6ccncc6)nc(-c6ccccc6)nc5-c5ccncc5)cc43)c(-c3cc(-c4ccccc4)nc4c3oc3ccc(-c5c(-c6ccncc6)nc(-c6ccccc6)nc5-c5ccncc5)cc34)n2)cc1. The van der Waals surface area contributed by atoms with E-state index in [2.05, 4.69) is 80.6 Å². The Morgan fingerprint density at radius 2 is 0.616 bits per heavy atom.